The number of cyclic esters (lactones) is 1. The Balaban J connectivity index is 1.53. The van der Waals surface area contributed by atoms with Crippen LogP contribution in [0.25, 0.3) is 0 Å². The Morgan fingerprint density at radius 1 is 0.923 bits per heavy atom. The standard InChI is InChI=1S/C31H31N3O5/c1-30(2,3)34(28(36)37)20-22-11-10-12-23(19-22)27(35)32-17-18-33-26(21-32)31(39-29(33)38,24-13-6-4-7-14-24)25-15-8-5-9-16-25/h4-16,19,21H,17-18,20H2,1-3H3,(H,36,37). The lowest BCUT2D eigenvalue weighted by molar-refractivity contribution is 0.0797. The maximum Gasteiger partial charge on any atom is 0.415 e. The molecule has 0 saturated carbocycles. The van der Waals surface area contributed by atoms with Crippen molar-refractivity contribution in [2.45, 2.75) is 38.5 Å². The minimum atomic E-state index is -1.20. The second-order valence-electron chi connectivity index (χ2n) is 10.7. The second kappa shape index (κ2) is 9.94. The molecule has 0 unspecified atom stereocenters. The van der Waals surface area contributed by atoms with Gasteiger partial charge in [0.25, 0.3) is 5.91 Å². The van der Waals surface area contributed by atoms with E-state index in [0.717, 1.165) is 11.1 Å². The van der Waals surface area contributed by atoms with Gasteiger partial charge in [0.1, 0.15) is 0 Å². The van der Waals surface area contributed by atoms with Crippen LogP contribution in [-0.4, -0.2) is 56.5 Å². The van der Waals surface area contributed by atoms with Crippen LogP contribution >= 0.6 is 0 Å². The highest BCUT2D eigenvalue weighted by molar-refractivity contribution is 5.95. The summed E-state index contributed by atoms with van der Waals surface area (Å²) in [7, 11) is 0. The van der Waals surface area contributed by atoms with E-state index in [0.29, 0.717) is 23.4 Å². The average molecular weight is 526 g/mol. The molecule has 8 heteroatoms. The van der Waals surface area contributed by atoms with Crippen LogP contribution in [0.3, 0.4) is 0 Å². The Morgan fingerprint density at radius 2 is 1.54 bits per heavy atom. The largest absolute Gasteiger partial charge is 0.465 e. The Labute approximate surface area is 227 Å². The van der Waals surface area contributed by atoms with Crippen molar-refractivity contribution in [3.8, 4) is 0 Å². The molecule has 5 rings (SSSR count). The van der Waals surface area contributed by atoms with Gasteiger partial charge < -0.3 is 14.7 Å². The lowest BCUT2D eigenvalue weighted by Gasteiger charge is -2.35. The number of ether oxygens (including phenoxy) is 1. The fourth-order valence-corrected chi connectivity index (χ4v) is 5.15. The minimum absolute atomic E-state index is 0.155. The van der Waals surface area contributed by atoms with Gasteiger partial charge in [0.05, 0.1) is 5.70 Å². The Kier molecular flexibility index (Phi) is 6.64. The quantitative estimate of drug-likeness (QED) is 0.464. The molecule has 1 N–H and O–H groups in total. The van der Waals surface area contributed by atoms with Crippen molar-refractivity contribution in [3.63, 3.8) is 0 Å². The SMILES string of the molecule is CC(C)(C)N(Cc1cccc(C(=O)N2C=C3N(CC2)C(=O)OC3(c2ccccc2)c2ccccc2)c1)C(=O)O. The number of carbonyl (C=O) groups excluding carboxylic acids is 2. The van der Waals surface area contributed by atoms with Crippen LogP contribution in [0.2, 0.25) is 0 Å². The van der Waals surface area contributed by atoms with Gasteiger partial charge in [0.2, 0.25) is 5.60 Å². The summed E-state index contributed by atoms with van der Waals surface area (Å²) < 4.78 is 6.14. The average Bonchev–Trinajstić information content (AvgIpc) is 3.24. The smallest absolute Gasteiger partial charge is 0.415 e. The molecule has 3 aromatic rings. The summed E-state index contributed by atoms with van der Waals surface area (Å²) in [4.78, 5) is 43.2. The topological polar surface area (TPSA) is 90.4 Å². The first kappa shape index (κ1) is 26.0. The molecule has 0 atom stereocenters. The fourth-order valence-electron chi connectivity index (χ4n) is 5.15. The third-order valence-electron chi connectivity index (χ3n) is 7.13. The summed E-state index contributed by atoms with van der Waals surface area (Å²) in [5.41, 5.74) is 1.50. The van der Waals surface area contributed by atoms with E-state index in [9.17, 15) is 19.5 Å². The number of fused-ring (bicyclic) bond motifs is 1. The van der Waals surface area contributed by atoms with Crippen LogP contribution in [0.5, 0.6) is 0 Å². The van der Waals surface area contributed by atoms with Crippen LogP contribution in [0.1, 0.15) is 47.8 Å². The summed E-state index contributed by atoms with van der Waals surface area (Å²) in [6.07, 6.45) is 0.227. The first-order valence-corrected chi connectivity index (χ1v) is 12.9. The number of hydrogen-bond donors (Lipinski definition) is 1. The van der Waals surface area contributed by atoms with Gasteiger partial charge >= 0.3 is 12.2 Å². The normalized spacial score (nSPS) is 16.3. The maximum absolute atomic E-state index is 13.7. The zero-order chi connectivity index (χ0) is 27.8. The van der Waals surface area contributed by atoms with E-state index >= 15 is 0 Å². The van der Waals surface area contributed by atoms with Crippen molar-refractivity contribution in [3.05, 3.63) is 119 Å². The molecule has 39 heavy (non-hydrogen) atoms. The summed E-state index contributed by atoms with van der Waals surface area (Å²) in [5.74, 6) is -0.240. The highest BCUT2D eigenvalue weighted by atomic mass is 16.6. The van der Waals surface area contributed by atoms with Crippen LogP contribution < -0.4 is 0 Å². The van der Waals surface area contributed by atoms with Crippen molar-refractivity contribution in [1.29, 1.82) is 0 Å². The summed E-state index contributed by atoms with van der Waals surface area (Å²) in [6, 6.07) is 26.1. The molecule has 0 bridgehead atoms. The monoisotopic (exact) mass is 525 g/mol. The zero-order valence-electron chi connectivity index (χ0n) is 22.2. The van der Waals surface area contributed by atoms with Crippen LogP contribution in [0.15, 0.2) is 96.8 Å². The molecule has 0 aliphatic carbocycles. The minimum Gasteiger partial charge on any atom is -0.465 e. The molecule has 0 aromatic heterocycles. The van der Waals surface area contributed by atoms with Crippen molar-refractivity contribution in [2.75, 3.05) is 13.1 Å². The number of carboxylic acid groups (broad SMARTS) is 1. The number of hydrogen-bond acceptors (Lipinski definition) is 4. The summed E-state index contributed by atoms with van der Waals surface area (Å²) in [5, 5.41) is 9.70. The predicted octanol–water partition coefficient (Wildman–Crippen LogP) is 5.66. The van der Waals surface area contributed by atoms with Gasteiger partial charge in [0, 0.05) is 48.1 Å². The second-order valence-corrected chi connectivity index (χ2v) is 10.7. The molecule has 2 heterocycles. The number of benzene rings is 3. The van der Waals surface area contributed by atoms with Crippen molar-refractivity contribution < 1.29 is 24.2 Å². The van der Waals surface area contributed by atoms with Gasteiger partial charge in [-0.25, -0.2) is 9.59 Å². The molecular weight excluding hydrogens is 494 g/mol. The summed E-state index contributed by atoms with van der Waals surface area (Å²) >= 11 is 0. The highest BCUT2D eigenvalue weighted by Crippen LogP contribution is 2.48. The number of rotatable bonds is 5. The Morgan fingerprint density at radius 3 is 2.10 bits per heavy atom. The maximum atomic E-state index is 13.7. The van der Waals surface area contributed by atoms with E-state index in [1.54, 1.807) is 34.2 Å². The molecule has 1 fully saturated rings. The van der Waals surface area contributed by atoms with Gasteiger partial charge in [-0.2, -0.15) is 0 Å². The third-order valence-corrected chi connectivity index (χ3v) is 7.13. The highest BCUT2D eigenvalue weighted by Gasteiger charge is 2.54. The van der Waals surface area contributed by atoms with Gasteiger partial charge in [-0.15, -0.1) is 0 Å². The van der Waals surface area contributed by atoms with E-state index in [2.05, 4.69) is 0 Å². The molecule has 2 aliphatic heterocycles. The van der Waals surface area contributed by atoms with E-state index < -0.39 is 23.3 Å². The first-order valence-electron chi connectivity index (χ1n) is 12.9. The Bertz CT molecular complexity index is 1390. The van der Waals surface area contributed by atoms with E-state index in [-0.39, 0.29) is 19.0 Å². The third kappa shape index (κ3) is 4.74. The molecule has 3 aromatic carbocycles. The number of carbonyl (C=O) groups is 3. The van der Waals surface area contributed by atoms with Gasteiger partial charge in [-0.05, 0) is 38.5 Å². The first-order chi connectivity index (χ1) is 18.6. The van der Waals surface area contributed by atoms with Crippen LogP contribution in [0, 0.1) is 0 Å². The number of amides is 3. The van der Waals surface area contributed by atoms with Crippen molar-refractivity contribution in [2.24, 2.45) is 0 Å². The van der Waals surface area contributed by atoms with Crippen LogP contribution in [0.4, 0.5) is 9.59 Å². The lowest BCUT2D eigenvalue weighted by atomic mass is 9.83. The van der Waals surface area contributed by atoms with Gasteiger partial charge in [-0.3, -0.25) is 14.6 Å². The van der Waals surface area contributed by atoms with Crippen LogP contribution in [-0.2, 0) is 16.9 Å². The van der Waals surface area contributed by atoms with E-state index in [1.165, 1.54) is 4.90 Å². The Hall–Kier alpha value is -4.59. The number of nitrogens with zero attached hydrogens (tertiary/aromatic N) is 3. The van der Waals surface area contributed by atoms with Crippen molar-refractivity contribution in [1.82, 2.24) is 14.7 Å². The lowest BCUT2D eigenvalue weighted by Crippen LogP contribution is -2.44. The molecule has 8 nitrogen and oxygen atoms in total. The van der Waals surface area contributed by atoms with E-state index in [1.807, 2.05) is 87.5 Å². The molecule has 0 radical (unpaired) electrons. The summed E-state index contributed by atoms with van der Waals surface area (Å²) in [6.45, 7) is 6.23. The molecular formula is C31H31N3O5. The molecule has 200 valence electrons. The molecule has 2 aliphatic rings. The predicted molar refractivity (Wildman–Crippen MR) is 146 cm³/mol. The van der Waals surface area contributed by atoms with Crippen molar-refractivity contribution >= 4 is 18.1 Å². The van der Waals surface area contributed by atoms with Gasteiger partial charge in [-0.1, -0.05) is 72.8 Å². The molecule has 0 spiro atoms. The fraction of sp³-hybridized carbons (Fsp3) is 0.258. The molecule has 3 amide bonds. The van der Waals surface area contributed by atoms with Gasteiger partial charge in [0.15, 0.2) is 0 Å². The van der Waals surface area contributed by atoms with E-state index in [4.69, 9.17) is 4.74 Å². The zero-order valence-corrected chi connectivity index (χ0v) is 22.2. The molecule has 1 saturated heterocycles.